The van der Waals surface area contributed by atoms with Gasteiger partial charge in [0.15, 0.2) is 0 Å². The summed E-state index contributed by atoms with van der Waals surface area (Å²) in [7, 11) is -4.19. The Morgan fingerprint density at radius 2 is 1.87 bits per heavy atom. The average Bonchev–Trinajstić information content (AvgIpc) is 2.13. The highest BCUT2D eigenvalue weighted by Gasteiger charge is 2.41. The predicted molar refractivity (Wildman–Crippen MR) is 44.4 cm³/mol. The van der Waals surface area contributed by atoms with E-state index < -0.39 is 40.8 Å². The Morgan fingerprint density at radius 1 is 1.40 bits per heavy atom. The molecule has 0 saturated carbocycles. The summed E-state index contributed by atoms with van der Waals surface area (Å²) in [6.07, 6.45) is -3.94. The predicted octanol–water partition coefficient (Wildman–Crippen LogP) is 0.187. The van der Waals surface area contributed by atoms with Crippen molar-refractivity contribution in [3.05, 3.63) is 0 Å². The summed E-state index contributed by atoms with van der Waals surface area (Å²) in [5.74, 6) is -4.41. The van der Waals surface area contributed by atoms with Crippen molar-refractivity contribution in [2.45, 2.75) is 24.5 Å². The quantitative estimate of drug-likeness (QED) is 0.664. The maximum absolute atomic E-state index is 12.3. The molecule has 0 rings (SSSR count). The lowest BCUT2D eigenvalue weighted by Crippen LogP contribution is -2.44. The fourth-order valence-electron chi connectivity index (χ4n) is 0.514. The van der Waals surface area contributed by atoms with Gasteiger partial charge >= 0.3 is 12.3 Å². The van der Waals surface area contributed by atoms with Gasteiger partial charge in [-0.15, -0.1) is 0 Å². The van der Waals surface area contributed by atoms with Gasteiger partial charge in [0, 0.05) is 0 Å². The zero-order chi connectivity index (χ0) is 12.3. The Balaban J connectivity index is 4.40. The summed E-state index contributed by atoms with van der Waals surface area (Å²) >= 11 is 0. The molecular weight excluding hydrogens is 242 g/mol. The zero-order valence-corrected chi connectivity index (χ0v) is 8.57. The minimum absolute atomic E-state index is 0.782. The third-order valence-corrected chi connectivity index (χ3v) is 3.37. The molecule has 0 radical (unpaired) electrons. The first-order valence-corrected chi connectivity index (χ1v) is 5.43. The minimum Gasteiger partial charge on any atom is -0.395 e. The smallest absolute Gasteiger partial charge is 0.320 e. The Morgan fingerprint density at radius 3 is 2.20 bits per heavy atom. The molecule has 0 heterocycles. The third-order valence-electron chi connectivity index (χ3n) is 1.62. The average molecular weight is 253 g/mol. The zero-order valence-electron chi connectivity index (χ0n) is 7.75. The van der Waals surface area contributed by atoms with Crippen molar-refractivity contribution in [3.63, 3.8) is 0 Å². The van der Waals surface area contributed by atoms with Crippen LogP contribution in [0, 0.1) is 0 Å². The summed E-state index contributed by atoms with van der Waals surface area (Å²) in [6, 6.07) is 0. The molecule has 0 aliphatic carbocycles. The molecule has 4 nitrogen and oxygen atoms in total. The summed E-state index contributed by atoms with van der Waals surface area (Å²) in [5.41, 5.74) is 0. The van der Waals surface area contributed by atoms with E-state index in [9.17, 15) is 26.0 Å². The molecule has 92 valence electrons. The normalized spacial score (nSPS) is 15.7. The van der Waals surface area contributed by atoms with Crippen molar-refractivity contribution in [3.8, 4) is 0 Å². The minimum atomic E-state index is -4.41. The molecule has 0 aliphatic heterocycles. The van der Waals surface area contributed by atoms with Crippen molar-refractivity contribution in [2.75, 3.05) is 13.2 Å². The number of aliphatic hydroxyl groups is 1. The van der Waals surface area contributed by atoms with Crippen LogP contribution in [-0.4, -0.2) is 44.3 Å². The lowest BCUT2D eigenvalue weighted by molar-refractivity contribution is -0.122. The van der Waals surface area contributed by atoms with Gasteiger partial charge < -0.3 is 5.11 Å². The summed E-state index contributed by atoms with van der Waals surface area (Å²) in [5, 5.41) is 7.13. The second-order valence-electron chi connectivity index (χ2n) is 2.92. The van der Waals surface area contributed by atoms with Gasteiger partial charge in [-0.05, 0) is 6.92 Å². The van der Waals surface area contributed by atoms with Gasteiger partial charge in [-0.2, -0.15) is 8.78 Å². The molecule has 0 aromatic heterocycles. The van der Waals surface area contributed by atoms with Crippen LogP contribution in [0.4, 0.5) is 17.6 Å². The molecule has 0 fully saturated rings. The van der Waals surface area contributed by atoms with Crippen molar-refractivity contribution in [1.82, 2.24) is 4.72 Å². The molecule has 0 saturated heterocycles. The SMILES string of the molecule is CC(CO)S(=O)(=O)NCC(F)(F)C(F)F. The second kappa shape index (κ2) is 5.08. The van der Waals surface area contributed by atoms with Crippen LogP contribution in [0.25, 0.3) is 0 Å². The second-order valence-corrected chi connectivity index (χ2v) is 5.10. The van der Waals surface area contributed by atoms with Gasteiger partial charge in [-0.1, -0.05) is 0 Å². The number of aliphatic hydroxyl groups excluding tert-OH is 1. The molecule has 1 atom stereocenters. The highest BCUT2D eigenvalue weighted by Crippen LogP contribution is 2.21. The van der Waals surface area contributed by atoms with E-state index in [0.717, 1.165) is 6.92 Å². The Bertz CT molecular complexity index is 293. The van der Waals surface area contributed by atoms with E-state index in [1.54, 1.807) is 0 Å². The van der Waals surface area contributed by atoms with Crippen molar-refractivity contribution in [1.29, 1.82) is 0 Å². The molecule has 0 spiro atoms. The number of alkyl halides is 4. The van der Waals surface area contributed by atoms with E-state index in [2.05, 4.69) is 0 Å². The highest BCUT2D eigenvalue weighted by molar-refractivity contribution is 7.90. The first kappa shape index (κ1) is 14.6. The van der Waals surface area contributed by atoms with Gasteiger partial charge in [0.05, 0.1) is 18.4 Å². The van der Waals surface area contributed by atoms with E-state index in [4.69, 9.17) is 5.11 Å². The van der Waals surface area contributed by atoms with Crippen LogP contribution in [0.15, 0.2) is 0 Å². The number of hydrogen-bond donors (Lipinski definition) is 2. The van der Waals surface area contributed by atoms with Crippen LogP contribution in [0.1, 0.15) is 6.92 Å². The maximum Gasteiger partial charge on any atom is 0.320 e. The largest absolute Gasteiger partial charge is 0.395 e. The third kappa shape index (κ3) is 4.31. The van der Waals surface area contributed by atoms with Crippen LogP contribution in [0.2, 0.25) is 0 Å². The summed E-state index contributed by atoms with van der Waals surface area (Å²) in [4.78, 5) is 0. The molecule has 0 amide bonds. The topological polar surface area (TPSA) is 66.4 Å². The van der Waals surface area contributed by atoms with Gasteiger partial charge in [-0.3, -0.25) is 0 Å². The van der Waals surface area contributed by atoms with Crippen molar-refractivity contribution < 1.29 is 31.1 Å². The van der Waals surface area contributed by atoms with E-state index in [1.165, 1.54) is 4.72 Å². The number of hydrogen-bond acceptors (Lipinski definition) is 3. The Labute approximate surface area is 84.3 Å². The summed E-state index contributed by atoms with van der Waals surface area (Å²) in [6.45, 7) is -1.41. The fraction of sp³-hybridized carbons (Fsp3) is 1.00. The van der Waals surface area contributed by atoms with Crippen molar-refractivity contribution in [2.24, 2.45) is 0 Å². The standard InChI is InChI=1S/C6H11F4NO3S/c1-4(2-12)15(13,14)11-3-6(9,10)5(7)8/h4-5,11-12H,2-3H2,1H3. The molecule has 0 aromatic carbocycles. The van der Waals surface area contributed by atoms with Crippen LogP contribution in [-0.2, 0) is 10.0 Å². The van der Waals surface area contributed by atoms with E-state index >= 15 is 0 Å². The van der Waals surface area contributed by atoms with E-state index in [1.807, 2.05) is 0 Å². The van der Waals surface area contributed by atoms with Crippen LogP contribution < -0.4 is 4.72 Å². The lowest BCUT2D eigenvalue weighted by atomic mass is 10.4. The Kier molecular flexibility index (Phi) is 4.94. The lowest BCUT2D eigenvalue weighted by Gasteiger charge is -2.17. The number of nitrogens with one attached hydrogen (secondary N) is 1. The van der Waals surface area contributed by atoms with Gasteiger partial charge in [0.2, 0.25) is 10.0 Å². The summed E-state index contributed by atoms with van der Waals surface area (Å²) < 4.78 is 71.2. The molecule has 1 unspecified atom stereocenters. The maximum atomic E-state index is 12.3. The van der Waals surface area contributed by atoms with E-state index in [-0.39, 0.29) is 0 Å². The molecule has 2 N–H and O–H groups in total. The van der Waals surface area contributed by atoms with E-state index in [0.29, 0.717) is 0 Å². The number of sulfonamides is 1. The van der Waals surface area contributed by atoms with Gasteiger partial charge in [0.1, 0.15) is 0 Å². The molecule has 0 bridgehead atoms. The van der Waals surface area contributed by atoms with Gasteiger partial charge in [0.25, 0.3) is 0 Å². The van der Waals surface area contributed by atoms with Gasteiger partial charge in [-0.25, -0.2) is 21.9 Å². The number of rotatable bonds is 6. The van der Waals surface area contributed by atoms with Crippen LogP contribution in [0.3, 0.4) is 0 Å². The first-order valence-electron chi connectivity index (χ1n) is 3.89. The molecule has 15 heavy (non-hydrogen) atoms. The first-order chi connectivity index (χ1) is 6.63. The molecule has 0 aliphatic rings. The highest BCUT2D eigenvalue weighted by atomic mass is 32.2. The molecule has 0 aromatic rings. The monoisotopic (exact) mass is 253 g/mol. The Hall–Kier alpha value is -0.410. The fourth-order valence-corrected chi connectivity index (χ4v) is 1.39. The number of halogens is 4. The van der Waals surface area contributed by atoms with Crippen LogP contribution >= 0.6 is 0 Å². The van der Waals surface area contributed by atoms with Crippen LogP contribution in [0.5, 0.6) is 0 Å². The molecule has 9 heteroatoms. The molecular formula is C6H11F4NO3S. The van der Waals surface area contributed by atoms with Crippen molar-refractivity contribution >= 4 is 10.0 Å².